The van der Waals surface area contributed by atoms with Crippen LogP contribution in [0.5, 0.6) is 5.75 Å². The molecule has 160 valence electrons. The molecule has 0 aliphatic rings. The van der Waals surface area contributed by atoms with Crippen LogP contribution < -0.4 is 31.6 Å². The predicted octanol–water partition coefficient (Wildman–Crippen LogP) is 3.41. The Morgan fingerprint density at radius 2 is 1.94 bits per heavy atom. The van der Waals surface area contributed by atoms with Gasteiger partial charge in [0.2, 0.25) is 11.7 Å². The number of carbonyl (C=O) groups is 1. The Morgan fingerprint density at radius 1 is 1.16 bits per heavy atom. The molecule has 9 heteroatoms. The van der Waals surface area contributed by atoms with Gasteiger partial charge in [-0.1, -0.05) is 12.6 Å². The Hall–Kier alpha value is -4.40. The Kier molecular flexibility index (Phi) is 6.79. The smallest absolute Gasteiger partial charge is 0.283 e. The molecule has 1 heterocycles. The Bertz CT molecular complexity index is 1070. The molecule has 9 nitrogen and oxygen atoms in total. The zero-order chi connectivity index (χ0) is 22.2. The van der Waals surface area contributed by atoms with Crippen molar-refractivity contribution < 1.29 is 13.9 Å². The van der Waals surface area contributed by atoms with E-state index in [0.29, 0.717) is 17.1 Å². The SMILES string of the molecule is C=CC(=O)Nc1cccc(OC(=NNNc2ccc(N(C)C)cc2)c2occc2N)c1. The second-order valence-electron chi connectivity index (χ2n) is 6.62. The highest BCUT2D eigenvalue weighted by molar-refractivity contribution is 5.99. The molecule has 0 radical (unpaired) electrons. The van der Waals surface area contributed by atoms with Gasteiger partial charge in [-0.15, -0.1) is 5.10 Å². The van der Waals surface area contributed by atoms with Gasteiger partial charge in [-0.3, -0.25) is 10.2 Å². The lowest BCUT2D eigenvalue weighted by Crippen LogP contribution is -2.21. The lowest BCUT2D eigenvalue weighted by atomic mass is 10.3. The second kappa shape index (κ2) is 9.88. The number of nitrogens with zero attached hydrogens (tertiary/aromatic N) is 2. The number of rotatable bonds is 8. The number of amides is 1. The third-order valence-corrected chi connectivity index (χ3v) is 4.13. The molecule has 0 aliphatic carbocycles. The molecule has 2 aromatic carbocycles. The topological polar surface area (TPSA) is 117 Å². The van der Waals surface area contributed by atoms with E-state index in [2.05, 4.69) is 28.0 Å². The fourth-order valence-corrected chi connectivity index (χ4v) is 2.54. The highest BCUT2D eigenvalue weighted by Crippen LogP contribution is 2.21. The van der Waals surface area contributed by atoms with E-state index in [4.69, 9.17) is 14.9 Å². The van der Waals surface area contributed by atoms with Crippen LogP contribution in [-0.4, -0.2) is 25.9 Å². The van der Waals surface area contributed by atoms with Crippen LogP contribution in [0.3, 0.4) is 0 Å². The minimum atomic E-state index is -0.326. The summed E-state index contributed by atoms with van der Waals surface area (Å²) in [6, 6.07) is 16.2. The average Bonchev–Trinajstić information content (AvgIpc) is 3.19. The molecule has 5 N–H and O–H groups in total. The molecule has 0 aliphatic heterocycles. The number of benzene rings is 2. The molecule has 0 saturated carbocycles. The summed E-state index contributed by atoms with van der Waals surface area (Å²) in [4.78, 5) is 13.5. The maximum Gasteiger partial charge on any atom is 0.283 e. The number of furan rings is 1. The van der Waals surface area contributed by atoms with Gasteiger partial charge >= 0.3 is 0 Å². The first kappa shape index (κ1) is 21.3. The molecule has 0 fully saturated rings. The number of hydrogen-bond acceptors (Lipinski definition) is 8. The van der Waals surface area contributed by atoms with E-state index in [9.17, 15) is 4.79 Å². The molecule has 0 saturated heterocycles. The first-order valence-corrected chi connectivity index (χ1v) is 9.37. The monoisotopic (exact) mass is 420 g/mol. The molecule has 3 rings (SSSR count). The predicted molar refractivity (Wildman–Crippen MR) is 123 cm³/mol. The summed E-state index contributed by atoms with van der Waals surface area (Å²) < 4.78 is 11.3. The molecule has 0 unspecified atom stereocenters. The van der Waals surface area contributed by atoms with Crippen LogP contribution in [0.1, 0.15) is 5.76 Å². The van der Waals surface area contributed by atoms with Gasteiger partial charge in [-0.2, -0.15) is 0 Å². The van der Waals surface area contributed by atoms with Gasteiger partial charge < -0.3 is 25.1 Å². The summed E-state index contributed by atoms with van der Waals surface area (Å²) in [6.07, 6.45) is 2.63. The van der Waals surface area contributed by atoms with Crippen molar-refractivity contribution in [1.29, 1.82) is 0 Å². The molecule has 1 aromatic heterocycles. The van der Waals surface area contributed by atoms with E-state index >= 15 is 0 Å². The van der Waals surface area contributed by atoms with Crippen molar-refractivity contribution in [2.45, 2.75) is 0 Å². The summed E-state index contributed by atoms with van der Waals surface area (Å²) in [5.74, 6) is 0.464. The van der Waals surface area contributed by atoms with Crippen LogP contribution in [0, 0.1) is 0 Å². The number of nitrogens with two attached hydrogens (primary N) is 1. The third-order valence-electron chi connectivity index (χ3n) is 4.13. The number of nitrogen functional groups attached to an aromatic ring is 1. The first-order chi connectivity index (χ1) is 15.0. The van der Waals surface area contributed by atoms with Crippen molar-refractivity contribution >= 4 is 34.6 Å². The molecular formula is C22H24N6O3. The number of hydrazine groups is 1. The summed E-state index contributed by atoms with van der Waals surface area (Å²) in [7, 11) is 3.94. The number of ether oxygens (including phenoxy) is 1. The summed E-state index contributed by atoms with van der Waals surface area (Å²) in [5, 5.41) is 6.90. The summed E-state index contributed by atoms with van der Waals surface area (Å²) in [5.41, 5.74) is 14.5. The van der Waals surface area contributed by atoms with Gasteiger partial charge in [0.1, 0.15) is 5.75 Å². The lowest BCUT2D eigenvalue weighted by Gasteiger charge is -2.13. The van der Waals surface area contributed by atoms with E-state index in [-0.39, 0.29) is 17.6 Å². The quantitative estimate of drug-likeness (QED) is 0.191. The van der Waals surface area contributed by atoms with E-state index in [0.717, 1.165) is 11.4 Å². The van der Waals surface area contributed by atoms with Crippen molar-refractivity contribution in [3.8, 4) is 5.75 Å². The minimum absolute atomic E-state index is 0.104. The van der Waals surface area contributed by atoms with Crippen molar-refractivity contribution in [3.05, 3.63) is 79.3 Å². The van der Waals surface area contributed by atoms with Crippen LogP contribution in [-0.2, 0) is 4.79 Å². The first-order valence-electron chi connectivity index (χ1n) is 9.37. The van der Waals surface area contributed by atoms with E-state index in [1.54, 1.807) is 30.3 Å². The highest BCUT2D eigenvalue weighted by atomic mass is 16.5. The van der Waals surface area contributed by atoms with Crippen molar-refractivity contribution in [2.75, 3.05) is 35.5 Å². The van der Waals surface area contributed by atoms with E-state index in [1.807, 2.05) is 43.3 Å². The number of hydrogen-bond donors (Lipinski definition) is 4. The zero-order valence-electron chi connectivity index (χ0n) is 17.3. The van der Waals surface area contributed by atoms with Gasteiger partial charge in [0.05, 0.1) is 17.6 Å². The molecule has 0 spiro atoms. The van der Waals surface area contributed by atoms with Crippen molar-refractivity contribution in [3.63, 3.8) is 0 Å². The van der Waals surface area contributed by atoms with E-state index in [1.165, 1.54) is 12.3 Å². The van der Waals surface area contributed by atoms with Gasteiger partial charge in [0, 0.05) is 37.6 Å². The minimum Gasteiger partial charge on any atom is -0.457 e. The Morgan fingerprint density at radius 3 is 2.58 bits per heavy atom. The standard InChI is InChI=1S/C22H24N6O3/c1-4-20(29)24-16-6-5-7-18(14-16)31-22(21-19(23)12-13-30-21)26-27-25-15-8-10-17(11-9-15)28(2)3/h4-14,25,27H,1,23H2,2-3H3,(H,24,29). The molecule has 1 amide bonds. The molecule has 31 heavy (non-hydrogen) atoms. The van der Waals surface area contributed by atoms with Crippen molar-refractivity contribution in [1.82, 2.24) is 5.53 Å². The lowest BCUT2D eigenvalue weighted by molar-refractivity contribution is -0.111. The normalized spacial score (nSPS) is 10.8. The maximum atomic E-state index is 11.5. The highest BCUT2D eigenvalue weighted by Gasteiger charge is 2.15. The van der Waals surface area contributed by atoms with E-state index < -0.39 is 0 Å². The zero-order valence-corrected chi connectivity index (χ0v) is 17.3. The number of nitrogens with one attached hydrogen (secondary N) is 3. The second-order valence-corrected chi connectivity index (χ2v) is 6.62. The average molecular weight is 420 g/mol. The number of anilines is 4. The number of hydrazone groups is 1. The van der Waals surface area contributed by atoms with Gasteiger partial charge in [0.25, 0.3) is 5.90 Å². The van der Waals surface area contributed by atoms with Crippen LogP contribution in [0.4, 0.5) is 22.7 Å². The van der Waals surface area contributed by atoms with Crippen LogP contribution in [0.2, 0.25) is 0 Å². The van der Waals surface area contributed by atoms with Crippen molar-refractivity contribution in [2.24, 2.45) is 5.10 Å². The summed E-state index contributed by atoms with van der Waals surface area (Å²) >= 11 is 0. The molecule has 0 atom stereocenters. The molecule has 0 bridgehead atoms. The maximum absolute atomic E-state index is 11.5. The fourth-order valence-electron chi connectivity index (χ4n) is 2.54. The summed E-state index contributed by atoms with van der Waals surface area (Å²) in [6.45, 7) is 3.44. The van der Waals surface area contributed by atoms with Gasteiger partial charge in [0.15, 0.2) is 0 Å². The largest absolute Gasteiger partial charge is 0.457 e. The van der Waals surface area contributed by atoms with Crippen LogP contribution in [0.15, 0.2) is 83.0 Å². The molecular weight excluding hydrogens is 396 g/mol. The fraction of sp³-hybridized carbons (Fsp3) is 0.0909. The van der Waals surface area contributed by atoms with Gasteiger partial charge in [-0.25, -0.2) is 5.53 Å². The van der Waals surface area contributed by atoms with Crippen LogP contribution >= 0.6 is 0 Å². The Labute approximate surface area is 180 Å². The third kappa shape index (κ3) is 5.80. The Balaban J connectivity index is 1.76. The molecule has 3 aromatic rings. The van der Waals surface area contributed by atoms with Gasteiger partial charge in [-0.05, 0) is 42.5 Å². The number of carbonyl (C=O) groups excluding carboxylic acids is 1. The van der Waals surface area contributed by atoms with Crippen LogP contribution in [0.25, 0.3) is 0 Å².